The lowest BCUT2D eigenvalue weighted by molar-refractivity contribution is 0.0694. The number of aromatic nitrogens is 3. The summed E-state index contributed by atoms with van der Waals surface area (Å²) in [6, 6.07) is 19.0. The Morgan fingerprint density at radius 2 is 1.88 bits per heavy atom. The van der Waals surface area contributed by atoms with Gasteiger partial charge in [-0.3, -0.25) is 0 Å². The monoisotopic (exact) mass is 440 g/mol. The summed E-state index contributed by atoms with van der Waals surface area (Å²) >= 11 is 0. The van der Waals surface area contributed by atoms with Crippen LogP contribution in [0.1, 0.15) is 53.0 Å². The lowest BCUT2D eigenvalue weighted by atomic mass is 10.0. The Hall–Kier alpha value is -3.67. The number of anilines is 1. The van der Waals surface area contributed by atoms with Crippen LogP contribution in [0.15, 0.2) is 67.0 Å². The van der Waals surface area contributed by atoms with Crippen LogP contribution in [0.4, 0.5) is 5.95 Å². The van der Waals surface area contributed by atoms with Crippen molar-refractivity contribution in [2.75, 3.05) is 11.4 Å². The van der Waals surface area contributed by atoms with Crippen LogP contribution < -0.4 is 4.90 Å². The number of hydrogen-bond donors (Lipinski definition) is 1. The Morgan fingerprint density at radius 1 is 1.09 bits per heavy atom. The molecule has 0 amide bonds. The first-order chi connectivity index (χ1) is 16.2. The van der Waals surface area contributed by atoms with Crippen molar-refractivity contribution in [3.05, 3.63) is 89.4 Å². The summed E-state index contributed by atoms with van der Waals surface area (Å²) < 4.78 is 2.24. The van der Waals surface area contributed by atoms with Gasteiger partial charge in [0.25, 0.3) is 0 Å². The van der Waals surface area contributed by atoms with E-state index < -0.39 is 5.97 Å². The number of nitrogens with zero attached hydrogens (tertiary/aromatic N) is 4. The van der Waals surface area contributed by atoms with Gasteiger partial charge in [-0.25, -0.2) is 14.8 Å². The summed E-state index contributed by atoms with van der Waals surface area (Å²) in [7, 11) is 0. The Bertz CT molecular complexity index is 1280. The topological polar surface area (TPSA) is 71.2 Å². The molecule has 5 rings (SSSR count). The van der Waals surface area contributed by atoms with Gasteiger partial charge < -0.3 is 14.6 Å². The molecule has 0 saturated carbocycles. The van der Waals surface area contributed by atoms with Crippen LogP contribution in [0, 0.1) is 0 Å². The van der Waals surface area contributed by atoms with Crippen LogP contribution in [0.25, 0.3) is 10.9 Å². The van der Waals surface area contributed by atoms with Gasteiger partial charge in [0.05, 0.1) is 17.3 Å². The highest BCUT2D eigenvalue weighted by Gasteiger charge is 2.29. The van der Waals surface area contributed by atoms with Crippen LogP contribution in [0.3, 0.4) is 0 Å². The van der Waals surface area contributed by atoms with E-state index >= 15 is 0 Å². The van der Waals surface area contributed by atoms with Gasteiger partial charge in [-0.2, -0.15) is 0 Å². The molecule has 4 aromatic rings. The van der Waals surface area contributed by atoms with E-state index in [-0.39, 0.29) is 11.6 Å². The molecular formula is C27H28N4O2. The average molecular weight is 441 g/mol. The number of benzene rings is 2. The molecule has 3 heterocycles. The molecule has 168 valence electrons. The van der Waals surface area contributed by atoms with Crippen molar-refractivity contribution < 1.29 is 9.90 Å². The summed E-state index contributed by atoms with van der Waals surface area (Å²) in [5.41, 5.74) is 4.45. The molecule has 6 nitrogen and oxygen atoms in total. The molecule has 1 N–H and O–H groups in total. The molecule has 1 aliphatic heterocycles. The van der Waals surface area contributed by atoms with Gasteiger partial charge in [0.2, 0.25) is 5.95 Å². The molecule has 0 radical (unpaired) electrons. The Kier molecular flexibility index (Phi) is 5.82. The first-order valence-electron chi connectivity index (χ1n) is 11.6. The second-order valence-corrected chi connectivity index (χ2v) is 8.56. The molecule has 0 spiro atoms. The quantitative estimate of drug-likeness (QED) is 0.424. The van der Waals surface area contributed by atoms with Crippen LogP contribution >= 0.6 is 0 Å². The fourth-order valence-electron chi connectivity index (χ4n) is 4.98. The van der Waals surface area contributed by atoms with E-state index in [1.165, 1.54) is 28.2 Å². The maximum Gasteiger partial charge on any atom is 0.339 e. The molecule has 0 aliphatic carbocycles. The van der Waals surface area contributed by atoms with E-state index in [4.69, 9.17) is 4.98 Å². The Morgan fingerprint density at radius 3 is 2.67 bits per heavy atom. The van der Waals surface area contributed by atoms with Crippen molar-refractivity contribution in [3.8, 4) is 0 Å². The first kappa shape index (κ1) is 21.2. The molecule has 1 fully saturated rings. The van der Waals surface area contributed by atoms with Crippen molar-refractivity contribution in [1.29, 1.82) is 0 Å². The SMILES string of the molecule is CCn1cc(CCc2nc(N3CCC[C@H]3c3ccccc3)ncc2C(=O)O)c2ccccc21. The maximum absolute atomic E-state index is 11.9. The first-order valence-corrected chi connectivity index (χ1v) is 11.6. The second-order valence-electron chi connectivity index (χ2n) is 8.56. The molecule has 0 unspecified atom stereocenters. The van der Waals surface area contributed by atoms with Crippen molar-refractivity contribution >= 4 is 22.8 Å². The van der Waals surface area contributed by atoms with Gasteiger partial charge in [-0.15, -0.1) is 0 Å². The highest BCUT2D eigenvalue weighted by Crippen LogP contribution is 2.34. The van der Waals surface area contributed by atoms with Crippen LogP contribution in [0.2, 0.25) is 0 Å². The summed E-state index contributed by atoms with van der Waals surface area (Å²) in [6.45, 7) is 3.90. The van der Waals surface area contributed by atoms with E-state index in [9.17, 15) is 9.90 Å². The number of aryl methyl sites for hydroxylation is 3. The van der Waals surface area contributed by atoms with Crippen molar-refractivity contribution in [2.24, 2.45) is 0 Å². The third-order valence-electron chi connectivity index (χ3n) is 6.62. The number of rotatable bonds is 7. The molecule has 6 heteroatoms. The van der Waals surface area contributed by atoms with E-state index in [1.54, 1.807) is 0 Å². The summed E-state index contributed by atoms with van der Waals surface area (Å²) in [5.74, 6) is -0.356. The summed E-state index contributed by atoms with van der Waals surface area (Å²) in [4.78, 5) is 23.4. The number of para-hydroxylation sites is 1. The van der Waals surface area contributed by atoms with Gasteiger partial charge >= 0.3 is 5.97 Å². The van der Waals surface area contributed by atoms with E-state index in [0.29, 0.717) is 18.1 Å². The Balaban J connectivity index is 1.45. The standard InChI is InChI=1S/C27H28N4O2/c1-2-30-18-20(21-11-6-7-12-25(21)30)14-15-23-22(26(32)33)17-28-27(29-23)31-16-8-13-24(31)19-9-4-3-5-10-19/h3-7,9-12,17-18,24H,2,8,13-16H2,1H3,(H,32,33)/t24-/m0/s1. The summed E-state index contributed by atoms with van der Waals surface area (Å²) in [5, 5.41) is 11.0. The van der Waals surface area contributed by atoms with Crippen molar-refractivity contribution in [3.63, 3.8) is 0 Å². The number of aromatic carboxylic acids is 1. The highest BCUT2D eigenvalue weighted by molar-refractivity contribution is 5.89. The lowest BCUT2D eigenvalue weighted by Gasteiger charge is -2.25. The highest BCUT2D eigenvalue weighted by atomic mass is 16.4. The van der Waals surface area contributed by atoms with Gasteiger partial charge in [0.15, 0.2) is 0 Å². The Labute approximate surface area is 193 Å². The van der Waals surface area contributed by atoms with Gasteiger partial charge in [0.1, 0.15) is 0 Å². The molecule has 1 saturated heterocycles. The second kappa shape index (κ2) is 9.06. The largest absolute Gasteiger partial charge is 0.478 e. The zero-order valence-corrected chi connectivity index (χ0v) is 18.8. The van der Waals surface area contributed by atoms with Gasteiger partial charge in [-0.1, -0.05) is 48.5 Å². The average Bonchev–Trinajstić information content (AvgIpc) is 3.48. The number of hydrogen-bond acceptors (Lipinski definition) is 4. The van der Waals surface area contributed by atoms with Crippen molar-refractivity contribution in [1.82, 2.24) is 14.5 Å². The third kappa shape index (κ3) is 4.09. The molecule has 0 bridgehead atoms. The fraction of sp³-hybridized carbons (Fsp3) is 0.296. The third-order valence-corrected chi connectivity index (χ3v) is 6.62. The molecule has 33 heavy (non-hydrogen) atoms. The fourth-order valence-corrected chi connectivity index (χ4v) is 4.98. The normalized spacial score (nSPS) is 15.9. The molecule has 1 atom stereocenters. The van der Waals surface area contributed by atoms with E-state index in [2.05, 4.69) is 70.0 Å². The minimum atomic E-state index is -0.978. The van der Waals surface area contributed by atoms with Crippen molar-refractivity contribution in [2.45, 2.75) is 45.2 Å². The zero-order valence-electron chi connectivity index (χ0n) is 18.8. The molecule has 2 aromatic heterocycles. The predicted molar refractivity (Wildman–Crippen MR) is 130 cm³/mol. The van der Waals surface area contributed by atoms with E-state index in [0.717, 1.165) is 32.4 Å². The summed E-state index contributed by atoms with van der Waals surface area (Å²) in [6.07, 6.45) is 7.05. The minimum absolute atomic E-state index is 0.188. The van der Waals surface area contributed by atoms with Crippen LogP contribution in [-0.2, 0) is 19.4 Å². The van der Waals surface area contributed by atoms with Gasteiger partial charge in [-0.05, 0) is 49.8 Å². The molecule has 2 aromatic carbocycles. The van der Waals surface area contributed by atoms with Crippen LogP contribution in [0.5, 0.6) is 0 Å². The zero-order chi connectivity index (χ0) is 22.8. The number of carboxylic acids is 1. The minimum Gasteiger partial charge on any atom is -0.478 e. The number of fused-ring (bicyclic) bond motifs is 1. The van der Waals surface area contributed by atoms with Gasteiger partial charge in [0, 0.05) is 36.4 Å². The molecule has 1 aliphatic rings. The lowest BCUT2D eigenvalue weighted by Crippen LogP contribution is -2.25. The predicted octanol–water partition coefficient (Wildman–Crippen LogP) is 5.28. The number of carboxylic acid groups (broad SMARTS) is 1. The maximum atomic E-state index is 11.9. The molecular weight excluding hydrogens is 412 g/mol. The number of carbonyl (C=O) groups is 1. The van der Waals surface area contributed by atoms with Crippen LogP contribution in [-0.4, -0.2) is 32.2 Å². The van der Waals surface area contributed by atoms with E-state index in [1.807, 2.05) is 12.1 Å². The smallest absolute Gasteiger partial charge is 0.339 e.